The number of benzene rings is 1. The SMILES string of the molecule is CCCCCCN(C(=O)C(CO)NC(=O)OC(C)(C)C)C(C(=O)NCCCCC)c1ccccc1C. The lowest BCUT2D eigenvalue weighted by Gasteiger charge is -2.34. The summed E-state index contributed by atoms with van der Waals surface area (Å²) in [5.41, 5.74) is 0.858. The summed E-state index contributed by atoms with van der Waals surface area (Å²) < 4.78 is 5.29. The second-order valence-electron chi connectivity index (χ2n) is 10.2. The number of ether oxygens (including phenoxy) is 1. The van der Waals surface area contributed by atoms with E-state index in [1.54, 1.807) is 20.8 Å². The van der Waals surface area contributed by atoms with Crippen molar-refractivity contribution in [2.24, 2.45) is 0 Å². The predicted molar refractivity (Wildman–Crippen MR) is 143 cm³/mol. The largest absolute Gasteiger partial charge is 0.444 e. The van der Waals surface area contributed by atoms with E-state index in [-0.39, 0.29) is 5.91 Å². The standard InChI is InChI=1S/C28H47N3O5/c1-7-9-11-15-19-31(26(34)23(20-32)30-27(35)36-28(4,5)6)24(22-17-13-12-16-21(22)3)25(33)29-18-14-10-8-2/h12-13,16-17,23-24,32H,7-11,14-15,18-20H2,1-6H3,(H,29,33)(H,30,35). The smallest absolute Gasteiger partial charge is 0.408 e. The fraction of sp³-hybridized carbons (Fsp3) is 0.679. The molecular weight excluding hydrogens is 458 g/mol. The Morgan fingerprint density at radius 1 is 1.00 bits per heavy atom. The molecule has 36 heavy (non-hydrogen) atoms. The lowest BCUT2D eigenvalue weighted by Crippen LogP contribution is -2.54. The monoisotopic (exact) mass is 505 g/mol. The van der Waals surface area contributed by atoms with Crippen LogP contribution in [0.3, 0.4) is 0 Å². The number of nitrogens with one attached hydrogen (secondary N) is 2. The molecule has 3 N–H and O–H groups in total. The minimum atomic E-state index is -1.23. The molecule has 2 unspecified atom stereocenters. The maximum Gasteiger partial charge on any atom is 0.408 e. The van der Waals surface area contributed by atoms with E-state index in [1.165, 1.54) is 4.90 Å². The van der Waals surface area contributed by atoms with Gasteiger partial charge in [-0.25, -0.2) is 4.79 Å². The molecule has 8 heteroatoms. The van der Waals surface area contributed by atoms with Gasteiger partial charge in [-0.05, 0) is 51.7 Å². The van der Waals surface area contributed by atoms with Crippen molar-refractivity contribution in [2.75, 3.05) is 19.7 Å². The average Bonchev–Trinajstić information content (AvgIpc) is 2.81. The van der Waals surface area contributed by atoms with Crippen molar-refractivity contribution in [1.29, 1.82) is 0 Å². The minimum absolute atomic E-state index is 0.266. The topological polar surface area (TPSA) is 108 Å². The van der Waals surface area contributed by atoms with Crippen molar-refractivity contribution in [3.05, 3.63) is 35.4 Å². The Morgan fingerprint density at radius 2 is 1.64 bits per heavy atom. The summed E-state index contributed by atoms with van der Waals surface area (Å²) in [7, 11) is 0. The summed E-state index contributed by atoms with van der Waals surface area (Å²) in [6.45, 7) is 11.5. The highest BCUT2D eigenvalue weighted by molar-refractivity contribution is 5.92. The zero-order valence-electron chi connectivity index (χ0n) is 23.1. The van der Waals surface area contributed by atoms with Crippen LogP contribution in [0, 0.1) is 6.92 Å². The van der Waals surface area contributed by atoms with Gasteiger partial charge >= 0.3 is 6.09 Å². The van der Waals surface area contributed by atoms with E-state index >= 15 is 0 Å². The molecule has 0 saturated carbocycles. The van der Waals surface area contributed by atoms with E-state index in [0.29, 0.717) is 19.5 Å². The second-order valence-corrected chi connectivity index (χ2v) is 10.2. The number of rotatable bonds is 15. The molecule has 0 heterocycles. The van der Waals surface area contributed by atoms with Gasteiger partial charge in [-0.1, -0.05) is 70.2 Å². The molecule has 0 bridgehead atoms. The van der Waals surface area contributed by atoms with Gasteiger partial charge < -0.3 is 25.4 Å². The van der Waals surface area contributed by atoms with E-state index in [9.17, 15) is 19.5 Å². The molecule has 0 aliphatic heterocycles. The summed E-state index contributed by atoms with van der Waals surface area (Å²) in [6.07, 6.45) is 5.75. The quantitative estimate of drug-likeness (QED) is 0.301. The van der Waals surface area contributed by atoms with Gasteiger partial charge in [-0.15, -0.1) is 0 Å². The lowest BCUT2D eigenvalue weighted by molar-refractivity contribution is -0.143. The number of carbonyl (C=O) groups excluding carboxylic acids is 3. The fourth-order valence-electron chi connectivity index (χ4n) is 3.94. The summed E-state index contributed by atoms with van der Waals surface area (Å²) in [5.74, 6) is -0.782. The van der Waals surface area contributed by atoms with Crippen molar-refractivity contribution >= 4 is 17.9 Å². The molecule has 1 aromatic rings. The Labute approximate surface area is 217 Å². The molecule has 1 aromatic carbocycles. The summed E-state index contributed by atoms with van der Waals surface area (Å²) in [6, 6.07) is 5.40. The van der Waals surface area contributed by atoms with E-state index < -0.39 is 36.3 Å². The molecule has 8 nitrogen and oxygen atoms in total. The normalized spacial score (nSPS) is 13.0. The number of unbranched alkanes of at least 4 members (excludes halogenated alkanes) is 5. The van der Waals surface area contributed by atoms with E-state index in [1.807, 2.05) is 31.2 Å². The Bertz CT molecular complexity index is 822. The second kappa shape index (κ2) is 16.2. The molecular formula is C28H47N3O5. The van der Waals surface area contributed by atoms with Gasteiger partial charge in [0.25, 0.3) is 0 Å². The molecule has 2 atom stereocenters. The van der Waals surface area contributed by atoms with Crippen LogP contribution in [0.2, 0.25) is 0 Å². The first kappa shape index (κ1) is 31.4. The highest BCUT2D eigenvalue weighted by atomic mass is 16.6. The number of aliphatic hydroxyl groups is 1. The van der Waals surface area contributed by atoms with Crippen LogP contribution in [0.25, 0.3) is 0 Å². The van der Waals surface area contributed by atoms with Crippen molar-refractivity contribution in [3.63, 3.8) is 0 Å². The van der Waals surface area contributed by atoms with Crippen molar-refractivity contribution in [1.82, 2.24) is 15.5 Å². The first-order chi connectivity index (χ1) is 17.1. The van der Waals surface area contributed by atoms with Gasteiger partial charge in [-0.3, -0.25) is 9.59 Å². The third-order valence-corrected chi connectivity index (χ3v) is 5.83. The van der Waals surface area contributed by atoms with Crippen LogP contribution >= 0.6 is 0 Å². The molecule has 3 amide bonds. The summed E-state index contributed by atoms with van der Waals surface area (Å²) in [5, 5.41) is 15.5. The Balaban J connectivity index is 3.32. The number of aliphatic hydroxyl groups excluding tert-OH is 1. The zero-order chi connectivity index (χ0) is 27.1. The summed E-state index contributed by atoms with van der Waals surface area (Å²) >= 11 is 0. The van der Waals surface area contributed by atoms with E-state index in [2.05, 4.69) is 24.5 Å². The predicted octanol–water partition coefficient (Wildman–Crippen LogP) is 4.64. The maximum absolute atomic E-state index is 13.8. The van der Waals surface area contributed by atoms with Gasteiger partial charge in [0.1, 0.15) is 17.7 Å². The number of carbonyl (C=O) groups is 3. The number of amides is 3. The highest BCUT2D eigenvalue weighted by Crippen LogP contribution is 2.26. The van der Waals surface area contributed by atoms with Crippen LogP contribution in [-0.4, -0.2) is 59.3 Å². The van der Waals surface area contributed by atoms with Crippen LogP contribution in [0.15, 0.2) is 24.3 Å². The Kier molecular flexibility index (Phi) is 14.1. The molecule has 0 aromatic heterocycles. The van der Waals surface area contributed by atoms with Crippen LogP contribution in [0.1, 0.15) is 96.7 Å². The van der Waals surface area contributed by atoms with Crippen molar-refractivity contribution < 1.29 is 24.2 Å². The van der Waals surface area contributed by atoms with Crippen molar-refractivity contribution in [3.8, 4) is 0 Å². The van der Waals surface area contributed by atoms with Crippen LogP contribution < -0.4 is 10.6 Å². The maximum atomic E-state index is 13.8. The number of hydrogen-bond donors (Lipinski definition) is 3. The van der Waals surface area contributed by atoms with Gasteiger partial charge in [0.2, 0.25) is 11.8 Å². The average molecular weight is 506 g/mol. The molecule has 0 radical (unpaired) electrons. The van der Waals surface area contributed by atoms with E-state index in [0.717, 1.165) is 49.7 Å². The summed E-state index contributed by atoms with van der Waals surface area (Å²) in [4.78, 5) is 41.2. The third-order valence-electron chi connectivity index (χ3n) is 5.83. The molecule has 204 valence electrons. The zero-order valence-corrected chi connectivity index (χ0v) is 23.1. The first-order valence-electron chi connectivity index (χ1n) is 13.3. The Morgan fingerprint density at radius 3 is 2.22 bits per heavy atom. The highest BCUT2D eigenvalue weighted by Gasteiger charge is 2.36. The van der Waals surface area contributed by atoms with Crippen LogP contribution in [0.5, 0.6) is 0 Å². The molecule has 0 aliphatic rings. The Hall–Kier alpha value is -2.61. The number of alkyl carbamates (subject to hydrolysis) is 1. The van der Waals surface area contributed by atoms with Gasteiger partial charge in [0.05, 0.1) is 6.61 Å². The molecule has 0 aliphatic carbocycles. The van der Waals surface area contributed by atoms with Crippen LogP contribution in [0.4, 0.5) is 4.79 Å². The molecule has 0 saturated heterocycles. The molecule has 0 fully saturated rings. The lowest BCUT2D eigenvalue weighted by atomic mass is 9.97. The fourth-order valence-corrected chi connectivity index (χ4v) is 3.94. The minimum Gasteiger partial charge on any atom is -0.444 e. The molecule has 1 rings (SSSR count). The van der Waals surface area contributed by atoms with Gasteiger partial charge in [0.15, 0.2) is 0 Å². The number of aryl methyl sites for hydroxylation is 1. The first-order valence-corrected chi connectivity index (χ1v) is 13.3. The van der Waals surface area contributed by atoms with Gasteiger partial charge in [0, 0.05) is 13.1 Å². The number of hydrogen-bond acceptors (Lipinski definition) is 5. The van der Waals surface area contributed by atoms with E-state index in [4.69, 9.17) is 4.74 Å². The van der Waals surface area contributed by atoms with Crippen LogP contribution in [-0.2, 0) is 14.3 Å². The molecule has 0 spiro atoms. The third kappa shape index (κ3) is 11.0. The van der Waals surface area contributed by atoms with Gasteiger partial charge in [-0.2, -0.15) is 0 Å². The number of nitrogens with zero attached hydrogens (tertiary/aromatic N) is 1. The van der Waals surface area contributed by atoms with Crippen molar-refractivity contribution in [2.45, 2.75) is 104 Å².